The van der Waals surface area contributed by atoms with E-state index in [2.05, 4.69) is 16.5 Å². The highest BCUT2D eigenvalue weighted by Gasteiger charge is 1.78. The second kappa shape index (κ2) is 1.48. The maximum absolute atomic E-state index is 5.20. The summed E-state index contributed by atoms with van der Waals surface area (Å²) in [4.78, 5) is 3.67. The molecule has 1 aliphatic rings. The predicted molar refractivity (Wildman–Crippen MR) is 27.8 cm³/mol. The maximum atomic E-state index is 5.20. The molecule has 1 heterocycles. The van der Waals surface area contributed by atoms with E-state index in [0.29, 0.717) is 5.84 Å². The maximum Gasteiger partial charge on any atom is 0.132 e. The highest BCUT2D eigenvalue weighted by atomic mass is 14.8. The van der Waals surface area contributed by atoms with Gasteiger partial charge in [0.2, 0.25) is 0 Å². The van der Waals surface area contributed by atoms with Gasteiger partial charge in [-0.15, -0.1) is 0 Å². The molecule has 2 N–H and O–H groups in total. The van der Waals surface area contributed by atoms with E-state index in [0.717, 1.165) is 0 Å². The number of hydrogen-bond donors (Lipinski definition) is 1. The molecule has 0 aliphatic carbocycles. The van der Waals surface area contributed by atoms with Crippen LogP contribution in [-0.4, -0.2) is 5.84 Å². The molecule has 0 aromatic rings. The van der Waals surface area contributed by atoms with Crippen LogP contribution in [-0.2, 0) is 0 Å². The first-order valence-corrected chi connectivity index (χ1v) is 1.89. The molecule has 1 rings (SSSR count). The Morgan fingerprint density at radius 2 is 2.43 bits per heavy atom. The van der Waals surface area contributed by atoms with E-state index >= 15 is 0 Å². The number of nitrogens with zero attached hydrogens (tertiary/aromatic N) is 1. The Hall–Kier alpha value is -1.23. The van der Waals surface area contributed by atoms with Crippen molar-refractivity contribution in [2.75, 3.05) is 0 Å². The van der Waals surface area contributed by atoms with Gasteiger partial charge in [0.25, 0.3) is 0 Å². The van der Waals surface area contributed by atoms with Crippen molar-refractivity contribution in [3.8, 4) is 0 Å². The van der Waals surface area contributed by atoms with Crippen molar-refractivity contribution in [2.45, 2.75) is 0 Å². The van der Waals surface area contributed by atoms with Crippen molar-refractivity contribution in [3.63, 3.8) is 0 Å². The van der Waals surface area contributed by atoms with E-state index in [9.17, 15) is 0 Å². The SMILES string of the molecule is NC1=NC=C=C=C1. The van der Waals surface area contributed by atoms with Crippen LogP contribution in [0.3, 0.4) is 0 Å². The second-order valence-corrected chi connectivity index (χ2v) is 1.12. The van der Waals surface area contributed by atoms with Crippen LogP contribution in [0.4, 0.5) is 0 Å². The number of rotatable bonds is 0. The molecule has 7 heavy (non-hydrogen) atoms. The Labute approximate surface area is 41.4 Å². The number of nitrogens with two attached hydrogens (primary N) is 1. The molecular formula is C5H4N2. The van der Waals surface area contributed by atoms with Crippen LogP contribution in [0.5, 0.6) is 0 Å². The summed E-state index contributed by atoms with van der Waals surface area (Å²) >= 11 is 0. The van der Waals surface area contributed by atoms with E-state index in [1.165, 1.54) is 6.20 Å². The Bertz CT molecular complexity index is 188. The number of aliphatic imine (C=N–C) groups is 1. The highest BCUT2D eigenvalue weighted by molar-refractivity contribution is 5.91. The van der Waals surface area contributed by atoms with Crippen LogP contribution < -0.4 is 5.73 Å². The summed E-state index contributed by atoms with van der Waals surface area (Å²) in [6.45, 7) is 0. The summed E-state index contributed by atoms with van der Waals surface area (Å²) < 4.78 is 0. The van der Waals surface area contributed by atoms with E-state index in [1.54, 1.807) is 6.08 Å². The van der Waals surface area contributed by atoms with Gasteiger partial charge in [-0.05, 0) is 5.73 Å². The standard InChI is InChI=1S/C5H4N2/c6-5-3-1-2-4-7-5/h3-4H,(H2,6,7). The van der Waals surface area contributed by atoms with Gasteiger partial charge in [0.1, 0.15) is 5.84 Å². The van der Waals surface area contributed by atoms with Gasteiger partial charge < -0.3 is 5.73 Å². The van der Waals surface area contributed by atoms with Crippen molar-refractivity contribution in [1.82, 2.24) is 0 Å². The van der Waals surface area contributed by atoms with E-state index in [4.69, 9.17) is 5.73 Å². The summed E-state index contributed by atoms with van der Waals surface area (Å²) in [5.74, 6) is 0.485. The van der Waals surface area contributed by atoms with E-state index < -0.39 is 0 Å². The van der Waals surface area contributed by atoms with Crippen molar-refractivity contribution < 1.29 is 0 Å². The van der Waals surface area contributed by atoms with Crippen LogP contribution >= 0.6 is 0 Å². The molecule has 0 radical (unpaired) electrons. The van der Waals surface area contributed by atoms with Crippen LogP contribution in [0.25, 0.3) is 0 Å². The third kappa shape index (κ3) is 0.799. The molecule has 2 nitrogen and oxygen atoms in total. The smallest absolute Gasteiger partial charge is 0.132 e. The normalized spacial score (nSPS) is 14.6. The van der Waals surface area contributed by atoms with Crippen LogP contribution in [0.1, 0.15) is 0 Å². The molecule has 0 unspecified atom stereocenters. The fraction of sp³-hybridized carbons (Fsp3) is 0. The van der Waals surface area contributed by atoms with Crippen LogP contribution in [0.2, 0.25) is 0 Å². The molecule has 2 heteroatoms. The lowest BCUT2D eigenvalue weighted by Gasteiger charge is -1.83. The summed E-state index contributed by atoms with van der Waals surface area (Å²) in [6.07, 6.45) is 3.05. The third-order valence-electron chi connectivity index (χ3n) is 0.582. The Balaban J connectivity index is 3.02. The summed E-state index contributed by atoms with van der Waals surface area (Å²) in [5.41, 5.74) is 10.5. The Kier molecular flexibility index (Phi) is 0.833. The molecule has 1 aliphatic heterocycles. The summed E-state index contributed by atoms with van der Waals surface area (Å²) in [5, 5.41) is 0. The van der Waals surface area contributed by atoms with Gasteiger partial charge in [0.15, 0.2) is 0 Å². The van der Waals surface area contributed by atoms with Crippen LogP contribution in [0, 0.1) is 0 Å². The minimum Gasteiger partial charge on any atom is -0.383 e. The van der Waals surface area contributed by atoms with Crippen molar-refractivity contribution in [3.05, 3.63) is 23.7 Å². The molecular weight excluding hydrogens is 88.1 g/mol. The first kappa shape index (κ1) is 3.94. The van der Waals surface area contributed by atoms with Gasteiger partial charge in [0.05, 0.1) is 6.20 Å². The monoisotopic (exact) mass is 92.0 g/mol. The quantitative estimate of drug-likeness (QED) is 0.425. The lowest BCUT2D eigenvalue weighted by Crippen LogP contribution is -2.06. The van der Waals surface area contributed by atoms with Crippen molar-refractivity contribution in [1.29, 1.82) is 0 Å². The first-order valence-electron chi connectivity index (χ1n) is 1.89. The Morgan fingerprint density at radius 3 is 2.71 bits per heavy atom. The van der Waals surface area contributed by atoms with Gasteiger partial charge in [0, 0.05) is 6.08 Å². The average Bonchev–Trinajstić information content (AvgIpc) is 1.69. The molecule has 0 amide bonds. The van der Waals surface area contributed by atoms with Gasteiger partial charge in [-0.1, -0.05) is 5.73 Å². The first-order chi connectivity index (χ1) is 3.39. The molecule has 0 bridgehead atoms. The van der Waals surface area contributed by atoms with Crippen molar-refractivity contribution >= 4 is 5.84 Å². The third-order valence-corrected chi connectivity index (χ3v) is 0.582. The number of hydrogen-bond acceptors (Lipinski definition) is 2. The molecule has 0 atom stereocenters. The Morgan fingerprint density at radius 1 is 1.57 bits per heavy atom. The summed E-state index contributed by atoms with van der Waals surface area (Å²) in [6, 6.07) is 0. The molecule has 0 fully saturated rings. The number of amidine groups is 1. The fourth-order valence-corrected chi connectivity index (χ4v) is 0.297. The fourth-order valence-electron chi connectivity index (χ4n) is 0.297. The van der Waals surface area contributed by atoms with Gasteiger partial charge in [-0.2, -0.15) is 0 Å². The molecule has 0 saturated carbocycles. The second-order valence-electron chi connectivity index (χ2n) is 1.12. The topological polar surface area (TPSA) is 38.4 Å². The predicted octanol–water partition coefficient (Wildman–Crippen LogP) is 0.181. The van der Waals surface area contributed by atoms with E-state index in [1.807, 2.05) is 0 Å². The molecule has 34 valence electrons. The lowest BCUT2D eigenvalue weighted by atomic mass is 10.5. The molecule has 0 spiro atoms. The van der Waals surface area contributed by atoms with Gasteiger partial charge in [-0.3, -0.25) is 0 Å². The largest absolute Gasteiger partial charge is 0.383 e. The zero-order chi connectivity index (χ0) is 5.11. The molecule has 0 aromatic carbocycles. The molecule has 0 saturated heterocycles. The zero-order valence-corrected chi connectivity index (χ0v) is 3.68. The van der Waals surface area contributed by atoms with Crippen molar-refractivity contribution in [2.24, 2.45) is 10.7 Å². The summed E-state index contributed by atoms with van der Waals surface area (Å²) in [7, 11) is 0. The average molecular weight is 92.1 g/mol. The minimum absolute atomic E-state index is 0.485. The van der Waals surface area contributed by atoms with E-state index in [-0.39, 0.29) is 0 Å². The molecule has 0 aromatic heterocycles. The van der Waals surface area contributed by atoms with Crippen LogP contribution in [0.15, 0.2) is 28.7 Å². The minimum atomic E-state index is 0.485. The lowest BCUT2D eigenvalue weighted by molar-refractivity contribution is 1.50. The zero-order valence-electron chi connectivity index (χ0n) is 3.68. The van der Waals surface area contributed by atoms with Gasteiger partial charge >= 0.3 is 0 Å². The highest BCUT2D eigenvalue weighted by Crippen LogP contribution is 1.78. The van der Waals surface area contributed by atoms with Gasteiger partial charge in [-0.25, -0.2) is 4.99 Å².